The number of carbonyl (C=O) groups excluding carboxylic acids is 1. The number of ether oxygens (including phenoxy) is 1. The number of para-hydroxylation sites is 1. The minimum absolute atomic E-state index is 0.0796. The zero-order chi connectivity index (χ0) is 18.3. The Kier molecular flexibility index (Phi) is 4.55. The quantitative estimate of drug-likeness (QED) is 0.768. The van der Waals surface area contributed by atoms with Crippen LogP contribution in [0.3, 0.4) is 0 Å². The topological polar surface area (TPSA) is 34.5 Å². The molecule has 2 aliphatic rings. The maximum absolute atomic E-state index is 12.9. The molecule has 4 heteroatoms. The minimum atomic E-state index is -0.176. The van der Waals surface area contributed by atoms with Crippen LogP contribution in [0.5, 0.6) is 0 Å². The molecular weight excluding hydrogens is 324 g/mol. The lowest BCUT2D eigenvalue weighted by molar-refractivity contribution is -0.143. The van der Waals surface area contributed by atoms with Gasteiger partial charge in [-0.1, -0.05) is 25.1 Å². The van der Waals surface area contributed by atoms with Crippen LogP contribution < -0.4 is 0 Å². The van der Waals surface area contributed by atoms with Gasteiger partial charge in [0.25, 0.3) is 0 Å². The van der Waals surface area contributed by atoms with Crippen LogP contribution in [0.4, 0.5) is 0 Å². The van der Waals surface area contributed by atoms with Gasteiger partial charge in [0.1, 0.15) is 0 Å². The number of aryl methyl sites for hydroxylation is 1. The first-order valence-electron chi connectivity index (χ1n) is 9.95. The van der Waals surface area contributed by atoms with Gasteiger partial charge in [-0.2, -0.15) is 0 Å². The van der Waals surface area contributed by atoms with E-state index >= 15 is 0 Å². The zero-order valence-corrected chi connectivity index (χ0v) is 16.3. The minimum Gasteiger partial charge on any atom is -0.469 e. The van der Waals surface area contributed by atoms with E-state index in [4.69, 9.17) is 4.74 Å². The monoisotopic (exact) mass is 354 g/mol. The first-order valence-corrected chi connectivity index (χ1v) is 9.95. The molecule has 3 heterocycles. The summed E-state index contributed by atoms with van der Waals surface area (Å²) < 4.78 is 7.55. The lowest BCUT2D eigenvalue weighted by Gasteiger charge is -2.43. The maximum Gasteiger partial charge on any atom is 0.314 e. The molecule has 2 bridgehead atoms. The maximum atomic E-state index is 12.9. The molecule has 0 radical (unpaired) electrons. The van der Waals surface area contributed by atoms with Crippen LogP contribution >= 0.6 is 0 Å². The highest BCUT2D eigenvalue weighted by molar-refractivity contribution is 5.89. The number of benzene rings is 1. The lowest BCUT2D eigenvalue weighted by Crippen LogP contribution is -2.44. The van der Waals surface area contributed by atoms with E-state index in [1.165, 1.54) is 48.7 Å². The van der Waals surface area contributed by atoms with Crippen LogP contribution in [0.2, 0.25) is 0 Å². The molecule has 2 aromatic rings. The summed E-state index contributed by atoms with van der Waals surface area (Å²) in [6, 6.07) is 8.56. The molecule has 2 aliphatic heterocycles. The lowest BCUT2D eigenvalue weighted by atomic mass is 9.71. The molecular formula is C22H30N2O2. The average molecular weight is 354 g/mol. The third kappa shape index (κ3) is 2.75. The Morgan fingerprint density at radius 1 is 1.31 bits per heavy atom. The van der Waals surface area contributed by atoms with Crippen LogP contribution in [-0.4, -0.2) is 42.2 Å². The first-order chi connectivity index (χ1) is 12.6. The fraction of sp³-hybridized carbons (Fsp3) is 0.591. The van der Waals surface area contributed by atoms with Gasteiger partial charge >= 0.3 is 5.97 Å². The van der Waals surface area contributed by atoms with E-state index in [1.54, 1.807) is 0 Å². The molecule has 0 saturated carbocycles. The van der Waals surface area contributed by atoms with Crippen molar-refractivity contribution in [2.45, 2.75) is 44.9 Å². The summed E-state index contributed by atoms with van der Waals surface area (Å²) in [7, 11) is 3.64. The summed E-state index contributed by atoms with van der Waals surface area (Å²) in [5.74, 6) is -0.255. The summed E-state index contributed by atoms with van der Waals surface area (Å²) in [6.45, 7) is 5.67. The Hall–Kier alpha value is -1.81. The second kappa shape index (κ2) is 6.73. The Morgan fingerprint density at radius 3 is 2.88 bits per heavy atom. The third-order valence-electron chi connectivity index (χ3n) is 6.88. The second-order valence-corrected chi connectivity index (χ2v) is 8.20. The smallest absolute Gasteiger partial charge is 0.314 e. The SMILES string of the molecule is CC[C@]12CCCN(CCc3c(n(C)c4ccccc34)[C@@H](C(=O)OC)C1)C2. The van der Waals surface area contributed by atoms with E-state index in [0.717, 1.165) is 32.4 Å². The van der Waals surface area contributed by atoms with Gasteiger partial charge in [-0.05, 0) is 55.7 Å². The number of carbonyl (C=O) groups is 1. The zero-order valence-electron chi connectivity index (χ0n) is 16.3. The van der Waals surface area contributed by atoms with Crippen LogP contribution in [0, 0.1) is 5.41 Å². The highest BCUT2D eigenvalue weighted by Crippen LogP contribution is 2.45. The molecule has 4 rings (SSSR count). The van der Waals surface area contributed by atoms with Crippen molar-refractivity contribution in [3.63, 3.8) is 0 Å². The predicted molar refractivity (Wildman–Crippen MR) is 104 cm³/mol. The Balaban J connectivity index is 1.92. The van der Waals surface area contributed by atoms with Gasteiger partial charge in [0.05, 0.1) is 13.0 Å². The third-order valence-corrected chi connectivity index (χ3v) is 6.88. The average Bonchev–Trinajstić information content (AvgIpc) is 2.97. The number of methoxy groups -OCH3 is 1. The highest BCUT2D eigenvalue weighted by atomic mass is 16.5. The highest BCUT2D eigenvalue weighted by Gasteiger charge is 2.41. The van der Waals surface area contributed by atoms with Crippen molar-refractivity contribution in [1.82, 2.24) is 9.47 Å². The van der Waals surface area contributed by atoms with Crippen molar-refractivity contribution >= 4 is 16.9 Å². The fourth-order valence-electron chi connectivity index (χ4n) is 5.44. The van der Waals surface area contributed by atoms with Gasteiger partial charge in [0.2, 0.25) is 0 Å². The summed E-state index contributed by atoms with van der Waals surface area (Å²) in [5, 5.41) is 1.29. The van der Waals surface area contributed by atoms with E-state index in [-0.39, 0.29) is 17.3 Å². The van der Waals surface area contributed by atoms with Crippen molar-refractivity contribution in [2.24, 2.45) is 12.5 Å². The second-order valence-electron chi connectivity index (χ2n) is 8.20. The van der Waals surface area contributed by atoms with Gasteiger partial charge in [0, 0.05) is 36.7 Å². The van der Waals surface area contributed by atoms with Crippen molar-refractivity contribution in [2.75, 3.05) is 26.7 Å². The van der Waals surface area contributed by atoms with Crippen molar-refractivity contribution in [3.05, 3.63) is 35.5 Å². The summed E-state index contributed by atoms with van der Waals surface area (Å²) in [4.78, 5) is 15.5. The number of nitrogens with zero attached hydrogens (tertiary/aromatic N) is 2. The molecule has 0 N–H and O–H groups in total. The molecule has 1 aromatic carbocycles. The Morgan fingerprint density at radius 2 is 2.12 bits per heavy atom. The normalized spacial score (nSPS) is 28.7. The van der Waals surface area contributed by atoms with E-state index in [0.29, 0.717) is 0 Å². The summed E-state index contributed by atoms with van der Waals surface area (Å²) >= 11 is 0. The standard InChI is InChI=1S/C22H30N2O2/c1-4-22-11-7-12-24(15-22)13-10-17-16-8-5-6-9-19(16)23(2)20(17)18(14-22)21(25)26-3/h5-6,8-9,18H,4,7,10-15H2,1-3H3/t18-,22-/m0/s1. The van der Waals surface area contributed by atoms with Crippen LogP contribution in [-0.2, 0) is 23.0 Å². The number of piperidine rings is 1. The van der Waals surface area contributed by atoms with Crippen LogP contribution in [0.15, 0.2) is 24.3 Å². The summed E-state index contributed by atoms with van der Waals surface area (Å²) in [6.07, 6.45) is 5.47. The van der Waals surface area contributed by atoms with Gasteiger partial charge in [-0.3, -0.25) is 4.79 Å². The van der Waals surface area contributed by atoms with E-state index < -0.39 is 0 Å². The Bertz CT molecular complexity index is 825. The van der Waals surface area contributed by atoms with Crippen LogP contribution in [0.25, 0.3) is 10.9 Å². The molecule has 0 amide bonds. The van der Waals surface area contributed by atoms with Gasteiger partial charge in [-0.15, -0.1) is 0 Å². The number of hydrogen-bond donors (Lipinski definition) is 0. The number of hydrogen-bond acceptors (Lipinski definition) is 3. The number of esters is 1. The van der Waals surface area contributed by atoms with Gasteiger partial charge in [-0.25, -0.2) is 0 Å². The molecule has 3 atom stereocenters. The van der Waals surface area contributed by atoms with Crippen LogP contribution in [0.1, 0.15) is 49.8 Å². The predicted octanol–water partition coefficient (Wildman–Crippen LogP) is 3.87. The largest absolute Gasteiger partial charge is 0.469 e. The number of aromatic nitrogens is 1. The molecule has 1 saturated heterocycles. The summed E-state index contributed by atoms with van der Waals surface area (Å²) in [5.41, 5.74) is 3.96. The molecule has 1 aromatic heterocycles. The van der Waals surface area contributed by atoms with Gasteiger partial charge < -0.3 is 14.2 Å². The van der Waals surface area contributed by atoms with Crippen molar-refractivity contribution in [1.29, 1.82) is 0 Å². The van der Waals surface area contributed by atoms with Gasteiger partial charge in [0.15, 0.2) is 0 Å². The number of fused-ring (bicyclic) bond motifs is 5. The van der Waals surface area contributed by atoms with Crippen molar-refractivity contribution < 1.29 is 9.53 Å². The molecule has 0 aliphatic carbocycles. The van der Waals surface area contributed by atoms with E-state index in [2.05, 4.69) is 47.7 Å². The molecule has 1 unspecified atom stereocenters. The molecule has 26 heavy (non-hydrogen) atoms. The first kappa shape index (κ1) is 17.6. The molecule has 1 fully saturated rings. The molecule has 0 spiro atoms. The molecule has 140 valence electrons. The van der Waals surface area contributed by atoms with E-state index in [9.17, 15) is 4.79 Å². The molecule has 4 nitrogen and oxygen atoms in total. The fourth-order valence-corrected chi connectivity index (χ4v) is 5.44. The van der Waals surface area contributed by atoms with Crippen molar-refractivity contribution in [3.8, 4) is 0 Å². The number of rotatable bonds is 2. The Labute approximate surface area is 156 Å². The van der Waals surface area contributed by atoms with E-state index in [1.807, 2.05) is 0 Å².